The molecule has 1 aromatic rings. The molecule has 1 rings (SSSR count). The molecule has 1 amide bonds. The Kier molecular flexibility index (Phi) is 3.51. The van der Waals surface area contributed by atoms with Crippen molar-refractivity contribution < 1.29 is 9.63 Å². The first kappa shape index (κ1) is 10.1. The van der Waals surface area contributed by atoms with Gasteiger partial charge in [-0.1, -0.05) is 5.16 Å². The van der Waals surface area contributed by atoms with Crippen molar-refractivity contribution in [3.05, 3.63) is 5.82 Å². The second-order valence-electron chi connectivity index (χ2n) is 1.92. The van der Waals surface area contributed by atoms with E-state index in [-0.39, 0.29) is 11.5 Å². The molecule has 0 aromatic carbocycles. The summed E-state index contributed by atoms with van der Waals surface area (Å²) in [5, 5.41) is 14.6. The number of nitrogens with zero attached hydrogens (tertiary/aromatic N) is 4. The monoisotopic (exact) mass is 211 g/mol. The van der Waals surface area contributed by atoms with Crippen molar-refractivity contribution >= 4 is 28.8 Å². The highest BCUT2D eigenvalue weighted by Gasteiger charge is 2.10. The fraction of sp³-hybridized carbons (Fsp3) is 0.167. The van der Waals surface area contributed by atoms with E-state index in [2.05, 4.69) is 24.7 Å². The van der Waals surface area contributed by atoms with Crippen LogP contribution < -0.4 is 5.32 Å². The zero-order chi connectivity index (χ0) is 10.4. The first-order valence-corrected chi connectivity index (χ1v) is 4.14. The Morgan fingerprint density at radius 1 is 1.86 bits per heavy atom. The Balaban J connectivity index is 2.90. The van der Waals surface area contributed by atoms with Gasteiger partial charge in [0.25, 0.3) is 0 Å². The highest BCUT2D eigenvalue weighted by molar-refractivity contribution is 7.10. The Morgan fingerprint density at radius 2 is 2.64 bits per heavy atom. The van der Waals surface area contributed by atoms with Gasteiger partial charge in [-0.05, 0) is 0 Å². The lowest BCUT2D eigenvalue weighted by Gasteiger charge is -1.88. The average molecular weight is 211 g/mol. The van der Waals surface area contributed by atoms with E-state index in [1.54, 1.807) is 6.07 Å². The summed E-state index contributed by atoms with van der Waals surface area (Å²) >= 11 is 0.953. The van der Waals surface area contributed by atoms with Crippen LogP contribution in [0.5, 0.6) is 0 Å². The molecule has 14 heavy (non-hydrogen) atoms. The smallest absolute Gasteiger partial charge is 0.225 e. The van der Waals surface area contributed by atoms with E-state index in [4.69, 9.17) is 5.26 Å². The number of carbonyl (C=O) groups excluding carboxylic acids is 1. The van der Waals surface area contributed by atoms with Gasteiger partial charge >= 0.3 is 0 Å². The molecule has 0 spiro atoms. The lowest BCUT2D eigenvalue weighted by molar-refractivity contribution is -0.105. The maximum absolute atomic E-state index is 10.1. The van der Waals surface area contributed by atoms with Crippen LogP contribution in [-0.4, -0.2) is 28.6 Å². The van der Waals surface area contributed by atoms with Gasteiger partial charge in [0.05, 0.1) is 0 Å². The first-order chi connectivity index (χ1) is 6.81. The van der Waals surface area contributed by atoms with Crippen molar-refractivity contribution in [2.45, 2.75) is 0 Å². The summed E-state index contributed by atoms with van der Waals surface area (Å²) in [6.45, 7) is 0. The molecule has 1 aromatic heterocycles. The van der Waals surface area contributed by atoms with E-state index in [1.165, 1.54) is 7.11 Å². The van der Waals surface area contributed by atoms with E-state index in [1.807, 2.05) is 0 Å². The highest BCUT2D eigenvalue weighted by atomic mass is 32.1. The molecular formula is C6H5N5O2S. The lowest BCUT2D eigenvalue weighted by atomic mass is 10.4. The molecule has 0 saturated heterocycles. The van der Waals surface area contributed by atoms with Crippen LogP contribution in [0.3, 0.4) is 0 Å². The summed E-state index contributed by atoms with van der Waals surface area (Å²) in [6.07, 6.45) is 0.476. The van der Waals surface area contributed by atoms with Crippen LogP contribution in [0.15, 0.2) is 5.16 Å². The molecule has 0 bridgehead atoms. The van der Waals surface area contributed by atoms with Crippen LogP contribution >= 0.6 is 11.5 Å². The molecule has 72 valence electrons. The number of oxime groups is 1. The van der Waals surface area contributed by atoms with Crippen LogP contribution in [0.25, 0.3) is 0 Å². The predicted octanol–water partition coefficient (Wildman–Crippen LogP) is -0.0195. The van der Waals surface area contributed by atoms with Crippen LogP contribution in [0.1, 0.15) is 5.82 Å². The van der Waals surface area contributed by atoms with Gasteiger partial charge < -0.3 is 10.2 Å². The number of hydrogen-bond acceptors (Lipinski definition) is 7. The summed E-state index contributed by atoms with van der Waals surface area (Å²) in [7, 11) is 1.31. The Bertz CT molecular complexity index is 393. The number of aromatic nitrogens is 2. The second kappa shape index (κ2) is 4.88. The SMILES string of the molecule is CON=C(C#N)c1nsc(NC=O)n1. The van der Waals surface area contributed by atoms with Crippen LogP contribution in [0.4, 0.5) is 5.13 Å². The third kappa shape index (κ3) is 2.24. The molecule has 0 aliphatic heterocycles. The van der Waals surface area contributed by atoms with E-state index in [9.17, 15) is 4.79 Å². The van der Waals surface area contributed by atoms with Gasteiger partial charge in [0, 0.05) is 11.5 Å². The van der Waals surface area contributed by atoms with Gasteiger partial charge in [0.15, 0.2) is 0 Å². The molecule has 0 aliphatic rings. The van der Waals surface area contributed by atoms with Gasteiger partial charge in [-0.15, -0.1) is 0 Å². The number of nitrogens with one attached hydrogen (secondary N) is 1. The lowest BCUT2D eigenvalue weighted by Crippen LogP contribution is -2.01. The first-order valence-electron chi connectivity index (χ1n) is 3.37. The molecule has 0 unspecified atom stereocenters. The second-order valence-corrected chi connectivity index (χ2v) is 2.67. The van der Waals surface area contributed by atoms with Crippen molar-refractivity contribution in [3.8, 4) is 6.07 Å². The Morgan fingerprint density at radius 3 is 3.21 bits per heavy atom. The highest BCUT2D eigenvalue weighted by Crippen LogP contribution is 2.10. The summed E-state index contributed by atoms with van der Waals surface area (Å²) in [5.74, 6) is 0.128. The van der Waals surface area contributed by atoms with E-state index < -0.39 is 0 Å². The van der Waals surface area contributed by atoms with Gasteiger partial charge in [-0.2, -0.15) is 14.6 Å². The molecule has 1 heterocycles. The molecule has 0 radical (unpaired) electrons. The zero-order valence-corrected chi connectivity index (χ0v) is 7.91. The van der Waals surface area contributed by atoms with Crippen LogP contribution in [-0.2, 0) is 9.63 Å². The minimum atomic E-state index is -0.0392. The quantitative estimate of drug-likeness (QED) is 0.428. The third-order valence-corrected chi connectivity index (χ3v) is 1.76. The van der Waals surface area contributed by atoms with E-state index in [0.717, 1.165) is 11.5 Å². The standard InChI is InChI=1S/C6H5N5O2S/c1-13-10-4(2-7)5-9-6(8-3-12)14-11-5/h3H,1H3,(H,8,9,11,12). The van der Waals surface area contributed by atoms with Crippen molar-refractivity contribution in [3.63, 3.8) is 0 Å². The average Bonchev–Trinajstić information content (AvgIpc) is 2.63. The van der Waals surface area contributed by atoms with E-state index >= 15 is 0 Å². The topological polar surface area (TPSA) is 100 Å². The van der Waals surface area contributed by atoms with Crippen molar-refractivity contribution in [2.75, 3.05) is 12.4 Å². The third-order valence-electron chi connectivity index (χ3n) is 1.11. The minimum Gasteiger partial charge on any atom is -0.398 e. The minimum absolute atomic E-state index is 0.0392. The summed E-state index contributed by atoms with van der Waals surface area (Å²) in [6, 6.07) is 1.77. The van der Waals surface area contributed by atoms with Crippen molar-refractivity contribution in [1.82, 2.24) is 9.36 Å². The molecular weight excluding hydrogens is 206 g/mol. The number of anilines is 1. The fourth-order valence-electron chi connectivity index (χ4n) is 0.631. The normalized spacial score (nSPS) is 10.4. The molecule has 0 fully saturated rings. The number of hydrogen-bond donors (Lipinski definition) is 1. The molecule has 8 heteroatoms. The van der Waals surface area contributed by atoms with Gasteiger partial charge in [0.2, 0.25) is 23.1 Å². The van der Waals surface area contributed by atoms with Gasteiger partial charge in [-0.25, -0.2) is 0 Å². The maximum atomic E-state index is 10.1. The molecule has 7 nitrogen and oxygen atoms in total. The number of carbonyl (C=O) groups is 1. The summed E-state index contributed by atoms with van der Waals surface area (Å²) in [5.41, 5.74) is -0.0392. The van der Waals surface area contributed by atoms with E-state index in [0.29, 0.717) is 11.5 Å². The summed E-state index contributed by atoms with van der Waals surface area (Å²) < 4.78 is 3.80. The van der Waals surface area contributed by atoms with Gasteiger partial charge in [0.1, 0.15) is 13.2 Å². The Hall–Kier alpha value is -2.01. The van der Waals surface area contributed by atoms with Crippen molar-refractivity contribution in [2.24, 2.45) is 5.16 Å². The molecule has 1 N–H and O–H groups in total. The fourth-order valence-corrected chi connectivity index (χ4v) is 1.16. The van der Waals surface area contributed by atoms with Crippen LogP contribution in [0, 0.1) is 11.3 Å². The van der Waals surface area contributed by atoms with Crippen molar-refractivity contribution in [1.29, 1.82) is 5.26 Å². The zero-order valence-electron chi connectivity index (χ0n) is 7.09. The number of rotatable bonds is 4. The summed E-state index contributed by atoms with van der Waals surface area (Å²) in [4.78, 5) is 18.3. The maximum Gasteiger partial charge on any atom is 0.225 e. The number of amides is 1. The molecule has 0 atom stereocenters. The van der Waals surface area contributed by atoms with Crippen LogP contribution in [0.2, 0.25) is 0 Å². The number of nitriles is 1. The predicted molar refractivity (Wildman–Crippen MR) is 48.8 cm³/mol. The molecule has 0 saturated carbocycles. The Labute approximate surface area is 83.2 Å². The largest absolute Gasteiger partial charge is 0.398 e. The van der Waals surface area contributed by atoms with Gasteiger partial charge in [-0.3, -0.25) is 4.79 Å². The molecule has 0 aliphatic carbocycles.